The standard InChI is InChI=1S/C17H19NO3/c1-12(17(19)20)21-16-9-5-7-14(11-16)13-6-4-8-15(10-13)18(2)3/h4-12H,1-3H3,(H,19,20)/t12-/m0/s1. The number of ether oxygens (including phenoxy) is 1. The van der Waals surface area contributed by atoms with E-state index in [1.807, 2.05) is 55.4 Å². The van der Waals surface area contributed by atoms with E-state index in [1.165, 1.54) is 6.92 Å². The summed E-state index contributed by atoms with van der Waals surface area (Å²) < 4.78 is 5.41. The van der Waals surface area contributed by atoms with Crippen LogP contribution in [0.2, 0.25) is 0 Å². The van der Waals surface area contributed by atoms with Gasteiger partial charge in [0, 0.05) is 19.8 Å². The second-order valence-corrected chi connectivity index (χ2v) is 5.07. The zero-order valence-electron chi connectivity index (χ0n) is 12.4. The SMILES string of the molecule is C[C@H](Oc1cccc(-c2cccc(N(C)C)c2)c1)C(=O)O. The number of nitrogens with zero attached hydrogens (tertiary/aromatic N) is 1. The highest BCUT2D eigenvalue weighted by molar-refractivity contribution is 5.73. The van der Waals surface area contributed by atoms with Gasteiger partial charge in [-0.15, -0.1) is 0 Å². The van der Waals surface area contributed by atoms with Crippen molar-refractivity contribution in [1.29, 1.82) is 0 Å². The van der Waals surface area contributed by atoms with E-state index < -0.39 is 12.1 Å². The van der Waals surface area contributed by atoms with E-state index in [-0.39, 0.29) is 0 Å². The van der Waals surface area contributed by atoms with Gasteiger partial charge in [0.25, 0.3) is 0 Å². The Morgan fingerprint density at radius 1 is 1.10 bits per heavy atom. The highest BCUT2D eigenvalue weighted by Crippen LogP contribution is 2.27. The first-order valence-corrected chi connectivity index (χ1v) is 6.74. The predicted octanol–water partition coefficient (Wildman–Crippen LogP) is 3.27. The van der Waals surface area contributed by atoms with Crippen LogP contribution < -0.4 is 9.64 Å². The summed E-state index contributed by atoms with van der Waals surface area (Å²) >= 11 is 0. The number of carboxylic acid groups (broad SMARTS) is 1. The summed E-state index contributed by atoms with van der Waals surface area (Å²) in [6, 6.07) is 15.6. The molecule has 0 aromatic heterocycles. The molecule has 0 radical (unpaired) electrons. The Labute approximate surface area is 124 Å². The summed E-state index contributed by atoms with van der Waals surface area (Å²) in [6.45, 7) is 1.52. The van der Waals surface area contributed by atoms with Gasteiger partial charge in [-0.25, -0.2) is 4.79 Å². The molecular formula is C17H19NO3. The lowest BCUT2D eigenvalue weighted by molar-refractivity contribution is -0.144. The second-order valence-electron chi connectivity index (χ2n) is 5.07. The molecule has 0 saturated heterocycles. The molecule has 0 aliphatic rings. The van der Waals surface area contributed by atoms with Crippen LogP contribution in [0, 0.1) is 0 Å². The Kier molecular flexibility index (Phi) is 4.48. The fourth-order valence-corrected chi connectivity index (χ4v) is 1.97. The van der Waals surface area contributed by atoms with E-state index in [1.54, 1.807) is 6.07 Å². The van der Waals surface area contributed by atoms with Crippen molar-refractivity contribution in [3.63, 3.8) is 0 Å². The van der Waals surface area contributed by atoms with Crippen LogP contribution in [0.5, 0.6) is 5.75 Å². The van der Waals surface area contributed by atoms with E-state index in [0.717, 1.165) is 16.8 Å². The zero-order chi connectivity index (χ0) is 15.4. The molecule has 0 aliphatic carbocycles. The summed E-state index contributed by atoms with van der Waals surface area (Å²) in [5.41, 5.74) is 3.17. The van der Waals surface area contributed by atoms with Crippen molar-refractivity contribution >= 4 is 11.7 Å². The molecule has 0 amide bonds. The number of carboxylic acids is 1. The molecule has 4 nitrogen and oxygen atoms in total. The molecule has 0 spiro atoms. The lowest BCUT2D eigenvalue weighted by Gasteiger charge is -2.14. The number of benzene rings is 2. The molecular weight excluding hydrogens is 266 g/mol. The van der Waals surface area contributed by atoms with Crippen LogP contribution in [0.1, 0.15) is 6.92 Å². The van der Waals surface area contributed by atoms with Crippen LogP contribution in [0.25, 0.3) is 11.1 Å². The average molecular weight is 285 g/mol. The van der Waals surface area contributed by atoms with E-state index in [2.05, 4.69) is 6.07 Å². The summed E-state index contributed by atoms with van der Waals surface area (Å²) in [5, 5.41) is 8.90. The van der Waals surface area contributed by atoms with Gasteiger partial charge in [0.1, 0.15) is 5.75 Å². The molecule has 110 valence electrons. The molecule has 2 rings (SSSR count). The summed E-state index contributed by atoms with van der Waals surface area (Å²) in [5.74, 6) is -0.423. The van der Waals surface area contributed by atoms with Gasteiger partial charge in [0.05, 0.1) is 0 Å². The smallest absolute Gasteiger partial charge is 0.344 e. The second kappa shape index (κ2) is 6.31. The quantitative estimate of drug-likeness (QED) is 0.916. The molecule has 21 heavy (non-hydrogen) atoms. The Morgan fingerprint density at radius 3 is 2.33 bits per heavy atom. The fraction of sp³-hybridized carbons (Fsp3) is 0.235. The third kappa shape index (κ3) is 3.75. The number of carbonyl (C=O) groups is 1. The van der Waals surface area contributed by atoms with Gasteiger partial charge in [0.15, 0.2) is 6.10 Å². The van der Waals surface area contributed by atoms with Gasteiger partial charge >= 0.3 is 5.97 Å². The first-order valence-electron chi connectivity index (χ1n) is 6.74. The van der Waals surface area contributed by atoms with E-state index >= 15 is 0 Å². The van der Waals surface area contributed by atoms with Gasteiger partial charge in [-0.3, -0.25) is 0 Å². The first-order chi connectivity index (χ1) is 9.97. The van der Waals surface area contributed by atoms with Crippen LogP contribution in [-0.2, 0) is 4.79 Å². The molecule has 2 aromatic rings. The van der Waals surface area contributed by atoms with Crippen LogP contribution in [0.4, 0.5) is 5.69 Å². The fourth-order valence-electron chi connectivity index (χ4n) is 1.97. The largest absolute Gasteiger partial charge is 0.479 e. The average Bonchev–Trinajstić information content (AvgIpc) is 2.47. The molecule has 1 atom stereocenters. The molecule has 1 N–H and O–H groups in total. The highest BCUT2D eigenvalue weighted by atomic mass is 16.5. The minimum Gasteiger partial charge on any atom is -0.479 e. The van der Waals surface area contributed by atoms with Crippen molar-refractivity contribution in [3.05, 3.63) is 48.5 Å². The summed E-state index contributed by atoms with van der Waals surface area (Å²) in [6.07, 6.45) is -0.867. The molecule has 0 unspecified atom stereocenters. The minimum atomic E-state index is -0.977. The molecule has 0 aliphatic heterocycles. The Morgan fingerprint density at radius 2 is 1.71 bits per heavy atom. The number of rotatable bonds is 5. The van der Waals surface area contributed by atoms with Gasteiger partial charge in [0.2, 0.25) is 0 Å². The molecule has 4 heteroatoms. The van der Waals surface area contributed by atoms with Gasteiger partial charge < -0.3 is 14.7 Å². The molecule has 0 fully saturated rings. The van der Waals surface area contributed by atoms with Crippen LogP contribution in [-0.4, -0.2) is 31.3 Å². The Hall–Kier alpha value is -2.49. The normalized spacial score (nSPS) is 11.8. The lowest BCUT2D eigenvalue weighted by Crippen LogP contribution is -2.22. The van der Waals surface area contributed by atoms with Crippen LogP contribution in [0.3, 0.4) is 0 Å². The monoisotopic (exact) mass is 285 g/mol. The topological polar surface area (TPSA) is 49.8 Å². The minimum absolute atomic E-state index is 0.553. The van der Waals surface area contributed by atoms with Crippen LogP contribution >= 0.6 is 0 Å². The maximum Gasteiger partial charge on any atom is 0.344 e. The van der Waals surface area contributed by atoms with Gasteiger partial charge in [-0.2, -0.15) is 0 Å². The number of hydrogen-bond donors (Lipinski definition) is 1. The number of anilines is 1. The van der Waals surface area contributed by atoms with E-state index in [9.17, 15) is 4.79 Å². The van der Waals surface area contributed by atoms with Crippen molar-refractivity contribution in [2.75, 3.05) is 19.0 Å². The molecule has 0 heterocycles. The Bertz CT molecular complexity index is 637. The maximum atomic E-state index is 10.8. The lowest BCUT2D eigenvalue weighted by atomic mass is 10.0. The third-order valence-electron chi connectivity index (χ3n) is 3.19. The summed E-state index contributed by atoms with van der Waals surface area (Å²) in [4.78, 5) is 12.9. The number of hydrogen-bond acceptors (Lipinski definition) is 3. The summed E-state index contributed by atoms with van der Waals surface area (Å²) in [7, 11) is 3.99. The van der Waals surface area contributed by atoms with E-state index in [0.29, 0.717) is 5.75 Å². The number of aliphatic carboxylic acids is 1. The van der Waals surface area contributed by atoms with Crippen molar-refractivity contribution < 1.29 is 14.6 Å². The molecule has 0 bridgehead atoms. The van der Waals surface area contributed by atoms with Gasteiger partial charge in [-0.1, -0.05) is 24.3 Å². The van der Waals surface area contributed by atoms with Crippen LogP contribution in [0.15, 0.2) is 48.5 Å². The Balaban J connectivity index is 2.28. The molecule has 0 saturated carbocycles. The van der Waals surface area contributed by atoms with Crippen molar-refractivity contribution in [2.24, 2.45) is 0 Å². The van der Waals surface area contributed by atoms with Crippen molar-refractivity contribution in [3.8, 4) is 16.9 Å². The maximum absolute atomic E-state index is 10.8. The predicted molar refractivity (Wildman–Crippen MR) is 83.9 cm³/mol. The van der Waals surface area contributed by atoms with Crippen molar-refractivity contribution in [2.45, 2.75) is 13.0 Å². The van der Waals surface area contributed by atoms with Gasteiger partial charge in [-0.05, 0) is 42.3 Å². The highest BCUT2D eigenvalue weighted by Gasteiger charge is 2.12. The third-order valence-corrected chi connectivity index (χ3v) is 3.19. The van der Waals surface area contributed by atoms with Crippen molar-refractivity contribution in [1.82, 2.24) is 0 Å². The first kappa shape index (κ1) is 14.9. The van der Waals surface area contributed by atoms with E-state index in [4.69, 9.17) is 9.84 Å². The molecule has 2 aromatic carbocycles. The zero-order valence-corrected chi connectivity index (χ0v) is 12.4.